The Morgan fingerprint density at radius 2 is 2.11 bits per heavy atom. The molecule has 1 aliphatic rings. The number of benzene rings is 1. The number of aliphatic imine (C=N–C) groups is 1. The Labute approximate surface area is 186 Å². The van der Waals surface area contributed by atoms with Gasteiger partial charge < -0.3 is 20.1 Å². The molecule has 0 spiro atoms. The summed E-state index contributed by atoms with van der Waals surface area (Å²) >= 11 is 7.34. The van der Waals surface area contributed by atoms with Crippen LogP contribution in [0.2, 0.25) is 4.34 Å². The number of aliphatic hydroxyl groups excluding tert-OH is 1. The molecule has 0 amide bonds. The minimum absolute atomic E-state index is 0. The van der Waals surface area contributed by atoms with Gasteiger partial charge in [0.05, 0.1) is 11.4 Å². The van der Waals surface area contributed by atoms with Crippen molar-refractivity contribution in [1.82, 2.24) is 10.2 Å². The van der Waals surface area contributed by atoms with Crippen LogP contribution in [-0.4, -0.2) is 49.8 Å². The molecule has 1 aliphatic heterocycles. The average molecular weight is 522 g/mol. The number of likely N-dealkylation sites (tertiary alicyclic amines) is 1. The van der Waals surface area contributed by atoms with Crippen molar-refractivity contribution in [1.29, 1.82) is 0 Å². The first kappa shape index (κ1) is 22.3. The highest BCUT2D eigenvalue weighted by Gasteiger charge is 2.26. The Balaban J connectivity index is 0.00000261. The van der Waals surface area contributed by atoms with E-state index in [1.165, 1.54) is 16.9 Å². The summed E-state index contributed by atoms with van der Waals surface area (Å²) in [7, 11) is 3.46. The standard InChI is InChI=1S/C19H24ClN3O2S.HI/c1-21-19(22-11-16(24)17-7-8-18(20)26-17)23-10-9-14(12-23)13-3-5-15(25-2)6-4-13;/h3-8,14,16,24H,9-12H2,1-2H3,(H,21,22);1H. The van der Waals surface area contributed by atoms with Crippen LogP contribution >= 0.6 is 46.9 Å². The van der Waals surface area contributed by atoms with E-state index in [0.29, 0.717) is 16.8 Å². The van der Waals surface area contributed by atoms with Crippen LogP contribution in [0.25, 0.3) is 0 Å². The molecule has 1 aromatic heterocycles. The van der Waals surface area contributed by atoms with Crippen molar-refractivity contribution >= 4 is 52.9 Å². The number of ether oxygens (including phenoxy) is 1. The first-order chi connectivity index (χ1) is 12.6. The predicted molar refractivity (Wildman–Crippen MR) is 123 cm³/mol. The van der Waals surface area contributed by atoms with Crippen LogP contribution < -0.4 is 10.1 Å². The van der Waals surface area contributed by atoms with E-state index in [1.54, 1.807) is 20.2 Å². The van der Waals surface area contributed by atoms with Crippen LogP contribution in [0.4, 0.5) is 0 Å². The molecule has 3 rings (SSSR count). The van der Waals surface area contributed by atoms with E-state index in [2.05, 4.69) is 27.3 Å². The number of nitrogens with zero attached hydrogens (tertiary/aromatic N) is 2. The van der Waals surface area contributed by atoms with Gasteiger partial charge in [-0.3, -0.25) is 4.99 Å². The molecule has 0 bridgehead atoms. The number of methoxy groups -OCH3 is 1. The van der Waals surface area contributed by atoms with Gasteiger partial charge in [-0.05, 0) is 36.2 Å². The number of thiophene rings is 1. The molecule has 2 N–H and O–H groups in total. The van der Waals surface area contributed by atoms with Gasteiger partial charge in [-0.1, -0.05) is 23.7 Å². The van der Waals surface area contributed by atoms with E-state index in [-0.39, 0.29) is 24.0 Å². The van der Waals surface area contributed by atoms with Crippen molar-refractivity contribution in [2.45, 2.75) is 18.4 Å². The summed E-state index contributed by atoms with van der Waals surface area (Å²) in [5, 5.41) is 13.6. The second kappa shape index (κ2) is 10.5. The zero-order valence-corrected chi connectivity index (χ0v) is 19.3. The summed E-state index contributed by atoms with van der Waals surface area (Å²) < 4.78 is 5.92. The van der Waals surface area contributed by atoms with E-state index in [0.717, 1.165) is 36.1 Å². The van der Waals surface area contributed by atoms with Crippen molar-refractivity contribution in [2.24, 2.45) is 4.99 Å². The zero-order valence-electron chi connectivity index (χ0n) is 15.4. The number of aliphatic hydroxyl groups is 1. The lowest BCUT2D eigenvalue weighted by Crippen LogP contribution is -2.41. The number of rotatable bonds is 5. The lowest BCUT2D eigenvalue weighted by molar-refractivity contribution is 0.183. The van der Waals surface area contributed by atoms with E-state index in [9.17, 15) is 5.11 Å². The fourth-order valence-corrected chi connectivity index (χ4v) is 4.28. The van der Waals surface area contributed by atoms with E-state index in [4.69, 9.17) is 16.3 Å². The van der Waals surface area contributed by atoms with Crippen molar-refractivity contribution in [3.8, 4) is 5.75 Å². The third-order valence-electron chi connectivity index (χ3n) is 4.66. The molecule has 2 aromatic rings. The largest absolute Gasteiger partial charge is 0.497 e. The van der Waals surface area contributed by atoms with Gasteiger partial charge in [0.2, 0.25) is 0 Å². The molecule has 1 saturated heterocycles. The highest BCUT2D eigenvalue weighted by Crippen LogP contribution is 2.29. The third kappa shape index (κ3) is 5.73. The molecule has 1 fully saturated rings. The molecule has 2 heterocycles. The number of halogens is 2. The van der Waals surface area contributed by atoms with Crippen LogP contribution in [0, 0.1) is 0 Å². The Kier molecular flexibility index (Phi) is 8.65. The van der Waals surface area contributed by atoms with Crippen LogP contribution in [0.15, 0.2) is 41.4 Å². The topological polar surface area (TPSA) is 57.1 Å². The highest BCUT2D eigenvalue weighted by molar-refractivity contribution is 14.0. The van der Waals surface area contributed by atoms with Crippen LogP contribution in [0.5, 0.6) is 5.75 Å². The molecule has 0 saturated carbocycles. The molecule has 1 aromatic carbocycles. The molecule has 8 heteroatoms. The maximum atomic E-state index is 10.3. The zero-order chi connectivity index (χ0) is 18.5. The Hall–Kier alpha value is -1.03. The first-order valence-electron chi connectivity index (χ1n) is 8.63. The molecule has 0 aliphatic carbocycles. The van der Waals surface area contributed by atoms with Crippen LogP contribution in [-0.2, 0) is 0 Å². The summed E-state index contributed by atoms with van der Waals surface area (Å²) in [6.45, 7) is 2.26. The lowest BCUT2D eigenvalue weighted by Gasteiger charge is -2.23. The first-order valence-corrected chi connectivity index (χ1v) is 9.83. The molecule has 0 radical (unpaired) electrons. The van der Waals surface area contributed by atoms with Gasteiger partial charge >= 0.3 is 0 Å². The number of guanidine groups is 1. The lowest BCUT2D eigenvalue weighted by atomic mass is 9.98. The number of nitrogens with one attached hydrogen (secondary N) is 1. The minimum atomic E-state index is -0.593. The van der Waals surface area contributed by atoms with E-state index in [1.807, 2.05) is 18.2 Å². The average Bonchev–Trinajstić information content (AvgIpc) is 3.32. The summed E-state index contributed by atoms with van der Waals surface area (Å²) in [4.78, 5) is 7.47. The SMILES string of the molecule is CN=C(NCC(O)c1ccc(Cl)s1)N1CCC(c2ccc(OC)cc2)C1.I. The normalized spacial score (nSPS) is 18.1. The number of hydrogen-bond acceptors (Lipinski definition) is 4. The van der Waals surface area contributed by atoms with Gasteiger partial charge in [-0.25, -0.2) is 0 Å². The fourth-order valence-electron chi connectivity index (χ4n) is 3.23. The molecule has 27 heavy (non-hydrogen) atoms. The molecule has 2 unspecified atom stereocenters. The van der Waals surface area contributed by atoms with Gasteiger partial charge in [0.1, 0.15) is 11.9 Å². The van der Waals surface area contributed by atoms with Gasteiger partial charge in [-0.15, -0.1) is 35.3 Å². The van der Waals surface area contributed by atoms with Gasteiger partial charge in [0.15, 0.2) is 5.96 Å². The smallest absolute Gasteiger partial charge is 0.193 e. The van der Waals surface area contributed by atoms with Gasteiger partial charge in [0.25, 0.3) is 0 Å². The molecular formula is C19H25ClIN3O2S. The predicted octanol–water partition coefficient (Wildman–Crippen LogP) is 4.13. The molecule has 2 atom stereocenters. The minimum Gasteiger partial charge on any atom is -0.497 e. The van der Waals surface area contributed by atoms with Crippen molar-refractivity contribution in [2.75, 3.05) is 33.8 Å². The highest BCUT2D eigenvalue weighted by atomic mass is 127. The Morgan fingerprint density at radius 3 is 2.70 bits per heavy atom. The fraction of sp³-hybridized carbons (Fsp3) is 0.421. The van der Waals surface area contributed by atoms with Gasteiger partial charge in [0, 0.05) is 37.5 Å². The Morgan fingerprint density at radius 1 is 1.37 bits per heavy atom. The van der Waals surface area contributed by atoms with Gasteiger partial charge in [-0.2, -0.15) is 0 Å². The summed E-state index contributed by atoms with van der Waals surface area (Å²) in [6, 6.07) is 11.9. The maximum Gasteiger partial charge on any atom is 0.193 e. The summed E-state index contributed by atoms with van der Waals surface area (Å²) in [5.74, 6) is 2.17. The molecule has 5 nitrogen and oxygen atoms in total. The maximum absolute atomic E-state index is 10.3. The van der Waals surface area contributed by atoms with Crippen molar-refractivity contribution < 1.29 is 9.84 Å². The van der Waals surface area contributed by atoms with E-state index < -0.39 is 6.10 Å². The third-order valence-corrected chi connectivity index (χ3v) is 6.00. The molecular weight excluding hydrogens is 497 g/mol. The second-order valence-electron chi connectivity index (χ2n) is 6.29. The van der Waals surface area contributed by atoms with Crippen molar-refractivity contribution in [3.05, 3.63) is 51.2 Å². The monoisotopic (exact) mass is 521 g/mol. The second-order valence-corrected chi connectivity index (χ2v) is 8.04. The quantitative estimate of drug-likeness (QED) is 0.353. The summed E-state index contributed by atoms with van der Waals surface area (Å²) in [5.41, 5.74) is 1.32. The number of hydrogen-bond donors (Lipinski definition) is 2. The van der Waals surface area contributed by atoms with Crippen LogP contribution in [0.3, 0.4) is 0 Å². The molecule has 148 valence electrons. The van der Waals surface area contributed by atoms with Crippen molar-refractivity contribution in [3.63, 3.8) is 0 Å². The Bertz CT molecular complexity index is 754. The van der Waals surface area contributed by atoms with E-state index >= 15 is 0 Å². The van der Waals surface area contributed by atoms with Crippen LogP contribution in [0.1, 0.15) is 28.9 Å². The summed E-state index contributed by atoms with van der Waals surface area (Å²) in [6.07, 6.45) is 0.486.